The first-order valence-electron chi connectivity index (χ1n) is 7.37. The lowest BCUT2D eigenvalue weighted by atomic mass is 9.90. The molecular formula is C15H28N2S. The third-order valence-electron chi connectivity index (χ3n) is 3.91. The zero-order chi connectivity index (χ0) is 13.2. The van der Waals surface area contributed by atoms with Crippen LogP contribution < -0.4 is 5.32 Å². The number of hydrogen-bond acceptors (Lipinski definition) is 3. The third kappa shape index (κ3) is 4.18. The molecule has 0 aromatic carbocycles. The summed E-state index contributed by atoms with van der Waals surface area (Å²) in [5.41, 5.74) is 1.04. The molecule has 1 fully saturated rings. The van der Waals surface area contributed by atoms with E-state index in [1.807, 2.05) is 11.8 Å². The maximum atomic E-state index is 4.66. The minimum Gasteiger partial charge on any atom is -0.364 e. The average Bonchev–Trinajstić information content (AvgIpc) is 2.88. The van der Waals surface area contributed by atoms with Crippen LogP contribution in [-0.4, -0.2) is 23.5 Å². The highest BCUT2D eigenvalue weighted by atomic mass is 32.2. The number of thioether (sulfide) groups is 1. The maximum absolute atomic E-state index is 4.66. The van der Waals surface area contributed by atoms with Gasteiger partial charge in [-0.3, -0.25) is 4.99 Å². The van der Waals surface area contributed by atoms with E-state index in [9.17, 15) is 0 Å². The highest BCUT2D eigenvalue weighted by molar-refractivity contribution is 8.14. The van der Waals surface area contributed by atoms with Crippen LogP contribution in [0.25, 0.3) is 0 Å². The molecule has 1 heterocycles. The summed E-state index contributed by atoms with van der Waals surface area (Å²) >= 11 is 1.96. The molecule has 1 aliphatic heterocycles. The Morgan fingerprint density at radius 2 is 2.11 bits per heavy atom. The second-order valence-corrected chi connectivity index (χ2v) is 8.54. The van der Waals surface area contributed by atoms with Crippen molar-refractivity contribution in [1.29, 1.82) is 0 Å². The minimum absolute atomic E-state index is 0.419. The van der Waals surface area contributed by atoms with E-state index in [-0.39, 0.29) is 0 Å². The molecule has 1 saturated carbocycles. The number of aliphatic imine (C=N–C) groups is 1. The van der Waals surface area contributed by atoms with E-state index < -0.39 is 0 Å². The van der Waals surface area contributed by atoms with E-state index in [0.717, 1.165) is 13.1 Å². The fourth-order valence-electron chi connectivity index (χ4n) is 2.79. The number of hydrogen-bond donors (Lipinski definition) is 1. The van der Waals surface area contributed by atoms with Crippen LogP contribution in [0.15, 0.2) is 4.99 Å². The van der Waals surface area contributed by atoms with E-state index >= 15 is 0 Å². The van der Waals surface area contributed by atoms with E-state index in [4.69, 9.17) is 0 Å². The van der Waals surface area contributed by atoms with Crippen molar-refractivity contribution in [2.24, 2.45) is 15.8 Å². The molecule has 1 atom stereocenters. The molecule has 1 N–H and O–H groups in total. The van der Waals surface area contributed by atoms with Crippen molar-refractivity contribution in [3.63, 3.8) is 0 Å². The van der Waals surface area contributed by atoms with Crippen LogP contribution in [0.1, 0.15) is 59.8 Å². The summed E-state index contributed by atoms with van der Waals surface area (Å²) in [6.07, 6.45) is 6.78. The highest BCUT2D eigenvalue weighted by Crippen LogP contribution is 2.49. The summed E-state index contributed by atoms with van der Waals surface area (Å²) in [5, 5.41) is 5.49. The van der Waals surface area contributed by atoms with Crippen LogP contribution in [-0.2, 0) is 0 Å². The van der Waals surface area contributed by atoms with Gasteiger partial charge in [-0.15, -0.1) is 0 Å². The van der Waals surface area contributed by atoms with Gasteiger partial charge in [0.1, 0.15) is 0 Å². The molecule has 2 nitrogen and oxygen atoms in total. The van der Waals surface area contributed by atoms with Crippen LogP contribution in [0, 0.1) is 10.8 Å². The number of rotatable bonds is 5. The molecule has 0 aromatic heterocycles. The first kappa shape index (κ1) is 14.2. The van der Waals surface area contributed by atoms with Gasteiger partial charge in [-0.25, -0.2) is 0 Å². The summed E-state index contributed by atoms with van der Waals surface area (Å²) < 4.78 is 0. The molecule has 104 valence electrons. The van der Waals surface area contributed by atoms with Crippen LogP contribution in [0.2, 0.25) is 0 Å². The lowest BCUT2D eigenvalue weighted by molar-refractivity contribution is 0.375. The molecule has 1 unspecified atom stereocenters. The zero-order valence-corrected chi connectivity index (χ0v) is 13.2. The normalized spacial score (nSPS) is 26.0. The quantitative estimate of drug-likeness (QED) is 0.813. The zero-order valence-electron chi connectivity index (χ0n) is 12.4. The fraction of sp³-hybridized carbons (Fsp3) is 0.933. The van der Waals surface area contributed by atoms with Crippen LogP contribution in [0.3, 0.4) is 0 Å². The van der Waals surface area contributed by atoms with Gasteiger partial charge in [0.2, 0.25) is 0 Å². The van der Waals surface area contributed by atoms with Gasteiger partial charge in [-0.1, -0.05) is 45.9 Å². The van der Waals surface area contributed by atoms with Crippen molar-refractivity contribution in [2.45, 2.75) is 65.0 Å². The molecule has 18 heavy (non-hydrogen) atoms. The van der Waals surface area contributed by atoms with Gasteiger partial charge in [0.15, 0.2) is 5.17 Å². The maximum Gasteiger partial charge on any atom is 0.156 e. The van der Waals surface area contributed by atoms with E-state index in [1.54, 1.807) is 0 Å². The Labute approximate surface area is 116 Å². The predicted molar refractivity (Wildman–Crippen MR) is 82.3 cm³/mol. The molecule has 2 rings (SSSR count). The summed E-state index contributed by atoms with van der Waals surface area (Å²) in [6.45, 7) is 11.4. The average molecular weight is 268 g/mol. The number of nitrogens with one attached hydrogen (secondary N) is 1. The predicted octanol–water partition coefficient (Wildman–Crippen LogP) is 4.06. The van der Waals surface area contributed by atoms with Crippen molar-refractivity contribution in [1.82, 2.24) is 5.32 Å². The van der Waals surface area contributed by atoms with Gasteiger partial charge in [0.05, 0.1) is 6.54 Å². The molecule has 0 spiro atoms. The van der Waals surface area contributed by atoms with Crippen molar-refractivity contribution in [2.75, 3.05) is 13.1 Å². The highest BCUT2D eigenvalue weighted by Gasteiger charge is 2.41. The van der Waals surface area contributed by atoms with E-state index in [0.29, 0.717) is 16.1 Å². The molecule has 0 amide bonds. The molecule has 1 aliphatic carbocycles. The van der Waals surface area contributed by atoms with Crippen LogP contribution >= 0.6 is 11.8 Å². The smallest absolute Gasteiger partial charge is 0.156 e. The van der Waals surface area contributed by atoms with E-state index in [1.165, 1.54) is 37.3 Å². The molecule has 0 radical (unpaired) electrons. The topological polar surface area (TPSA) is 24.4 Å². The number of nitrogens with zero attached hydrogens (tertiary/aromatic N) is 1. The lowest BCUT2D eigenvalue weighted by Gasteiger charge is -2.22. The van der Waals surface area contributed by atoms with Gasteiger partial charge in [0.25, 0.3) is 0 Å². The van der Waals surface area contributed by atoms with Crippen molar-refractivity contribution in [3.05, 3.63) is 0 Å². The van der Waals surface area contributed by atoms with Crippen LogP contribution in [0.4, 0.5) is 0 Å². The van der Waals surface area contributed by atoms with Crippen molar-refractivity contribution in [3.8, 4) is 0 Å². The molecule has 0 bridgehead atoms. The fourth-order valence-corrected chi connectivity index (χ4v) is 4.14. The first-order chi connectivity index (χ1) is 8.42. The Balaban J connectivity index is 1.70. The van der Waals surface area contributed by atoms with Crippen molar-refractivity contribution >= 4 is 16.9 Å². The SMILES string of the molecule is CCCC1(CNC2=NCC(CC(C)(C)C)S2)CC1. The Hall–Kier alpha value is -0.180. The van der Waals surface area contributed by atoms with Gasteiger partial charge in [-0.05, 0) is 36.5 Å². The second-order valence-electron chi connectivity index (χ2n) is 7.25. The largest absolute Gasteiger partial charge is 0.364 e. The summed E-state index contributed by atoms with van der Waals surface area (Å²) in [5.74, 6) is 0. The van der Waals surface area contributed by atoms with Gasteiger partial charge >= 0.3 is 0 Å². The lowest BCUT2D eigenvalue weighted by Crippen LogP contribution is -2.28. The van der Waals surface area contributed by atoms with E-state index in [2.05, 4.69) is 38.0 Å². The molecule has 0 aromatic rings. The number of amidine groups is 1. The first-order valence-corrected chi connectivity index (χ1v) is 8.25. The second kappa shape index (κ2) is 5.44. The monoisotopic (exact) mass is 268 g/mol. The Morgan fingerprint density at radius 3 is 2.67 bits per heavy atom. The molecule has 3 heteroatoms. The van der Waals surface area contributed by atoms with Gasteiger partial charge in [0, 0.05) is 11.8 Å². The van der Waals surface area contributed by atoms with Gasteiger partial charge < -0.3 is 5.32 Å². The standard InChI is InChI=1S/C15H28N2S/c1-5-6-15(7-8-15)11-17-13-16-10-12(18-13)9-14(2,3)4/h12H,5-11H2,1-4H3,(H,16,17). The molecule has 2 aliphatic rings. The Kier molecular flexibility index (Phi) is 4.30. The summed E-state index contributed by atoms with van der Waals surface area (Å²) in [7, 11) is 0. The molecule has 0 saturated heterocycles. The Morgan fingerprint density at radius 1 is 1.39 bits per heavy atom. The third-order valence-corrected chi connectivity index (χ3v) is 5.05. The summed E-state index contributed by atoms with van der Waals surface area (Å²) in [6, 6.07) is 0. The molecular weight excluding hydrogens is 240 g/mol. The minimum atomic E-state index is 0.419. The van der Waals surface area contributed by atoms with Gasteiger partial charge in [-0.2, -0.15) is 0 Å². The summed E-state index contributed by atoms with van der Waals surface area (Å²) in [4.78, 5) is 4.66. The van der Waals surface area contributed by atoms with Crippen molar-refractivity contribution < 1.29 is 0 Å². The van der Waals surface area contributed by atoms with Crippen LogP contribution in [0.5, 0.6) is 0 Å². The Bertz CT molecular complexity index is 313.